The van der Waals surface area contributed by atoms with E-state index >= 15 is 0 Å². The van der Waals surface area contributed by atoms with Crippen LogP contribution in [0.15, 0.2) is 28.8 Å². The van der Waals surface area contributed by atoms with Gasteiger partial charge >= 0.3 is 0 Å². The topological polar surface area (TPSA) is 107 Å². The van der Waals surface area contributed by atoms with Crippen LogP contribution in [-0.4, -0.2) is 59.3 Å². The molecule has 9 heteroatoms. The van der Waals surface area contributed by atoms with E-state index in [4.69, 9.17) is 14.0 Å². The Labute approximate surface area is 187 Å². The van der Waals surface area contributed by atoms with Gasteiger partial charge in [-0.2, -0.15) is 4.98 Å². The molecule has 9 nitrogen and oxygen atoms in total. The first-order valence-corrected chi connectivity index (χ1v) is 11.1. The first-order chi connectivity index (χ1) is 15.5. The zero-order chi connectivity index (χ0) is 22.6. The van der Waals surface area contributed by atoms with Gasteiger partial charge in [0, 0.05) is 51.4 Å². The molecule has 2 saturated heterocycles. The lowest BCUT2D eigenvalue weighted by Crippen LogP contribution is -2.51. The van der Waals surface area contributed by atoms with E-state index in [-0.39, 0.29) is 17.4 Å². The largest absolute Gasteiger partial charge is 0.375 e. The molecule has 1 spiro atoms. The maximum absolute atomic E-state index is 12.9. The summed E-state index contributed by atoms with van der Waals surface area (Å²) in [6.45, 7) is 3.83. The summed E-state index contributed by atoms with van der Waals surface area (Å²) in [5.41, 5.74) is 1.12. The number of rotatable bonds is 6. The van der Waals surface area contributed by atoms with Crippen molar-refractivity contribution < 1.29 is 23.6 Å². The third kappa shape index (κ3) is 5.34. The number of carbonyl (C=O) groups is 2. The smallest absolute Gasteiger partial charge is 0.253 e. The van der Waals surface area contributed by atoms with Gasteiger partial charge in [0.1, 0.15) is 6.61 Å². The molecular formula is C23H30N4O5. The van der Waals surface area contributed by atoms with E-state index in [0.29, 0.717) is 49.4 Å². The van der Waals surface area contributed by atoms with E-state index in [0.717, 1.165) is 37.9 Å². The number of benzene rings is 1. The highest BCUT2D eigenvalue weighted by molar-refractivity contribution is 5.95. The number of nitrogens with zero attached hydrogens (tertiary/aromatic N) is 3. The van der Waals surface area contributed by atoms with E-state index in [1.807, 2.05) is 4.90 Å². The Bertz CT molecular complexity index is 934. The first-order valence-electron chi connectivity index (χ1n) is 11.1. The molecule has 0 saturated carbocycles. The van der Waals surface area contributed by atoms with Crippen LogP contribution in [0.1, 0.15) is 54.7 Å². The predicted octanol–water partition coefficient (Wildman–Crippen LogP) is 2.82. The Morgan fingerprint density at radius 1 is 1.25 bits per heavy atom. The van der Waals surface area contributed by atoms with Gasteiger partial charge in [0.05, 0.1) is 5.60 Å². The van der Waals surface area contributed by atoms with Crippen molar-refractivity contribution in [1.29, 1.82) is 0 Å². The SMILES string of the molecule is COCc1nc(CC2CCOC3(CCN(C(=O)c4ccc(NC(C)=O)cc4)CC3)C2)no1. The van der Waals surface area contributed by atoms with Crippen molar-refractivity contribution in [3.05, 3.63) is 41.5 Å². The molecular weight excluding hydrogens is 412 g/mol. The summed E-state index contributed by atoms with van der Waals surface area (Å²) in [5.74, 6) is 1.53. The lowest BCUT2D eigenvalue weighted by atomic mass is 9.78. The van der Waals surface area contributed by atoms with Gasteiger partial charge in [-0.3, -0.25) is 9.59 Å². The van der Waals surface area contributed by atoms with Gasteiger partial charge < -0.3 is 24.2 Å². The van der Waals surface area contributed by atoms with Crippen molar-refractivity contribution in [1.82, 2.24) is 15.0 Å². The van der Waals surface area contributed by atoms with Crippen molar-refractivity contribution in [2.75, 3.05) is 32.1 Å². The number of hydrogen-bond donors (Lipinski definition) is 1. The number of anilines is 1. The van der Waals surface area contributed by atoms with Crippen LogP contribution in [0.3, 0.4) is 0 Å². The fraction of sp³-hybridized carbons (Fsp3) is 0.565. The lowest BCUT2D eigenvalue weighted by molar-refractivity contribution is -0.123. The number of aromatic nitrogens is 2. The standard InChI is InChI=1S/C23H30N4O5/c1-16(28)24-19-5-3-18(4-6-19)22(29)27-10-8-23(9-11-27)14-17(7-12-31-23)13-20-25-21(15-30-2)32-26-20/h3-6,17H,7-15H2,1-2H3,(H,24,28). The quantitative estimate of drug-likeness (QED) is 0.733. The van der Waals surface area contributed by atoms with E-state index in [1.165, 1.54) is 6.92 Å². The number of carbonyl (C=O) groups excluding carboxylic acids is 2. The fourth-order valence-corrected chi connectivity index (χ4v) is 4.66. The van der Waals surface area contributed by atoms with Crippen molar-refractivity contribution in [2.24, 2.45) is 5.92 Å². The molecule has 2 aliphatic heterocycles. The van der Waals surface area contributed by atoms with E-state index in [2.05, 4.69) is 15.5 Å². The molecule has 1 atom stereocenters. The van der Waals surface area contributed by atoms with E-state index in [1.54, 1.807) is 31.4 Å². The van der Waals surface area contributed by atoms with Gasteiger partial charge in [-0.05, 0) is 55.9 Å². The third-order valence-electron chi connectivity index (χ3n) is 6.26. The van der Waals surface area contributed by atoms with Crippen LogP contribution < -0.4 is 5.32 Å². The van der Waals surface area contributed by atoms with Gasteiger partial charge in [-0.1, -0.05) is 5.16 Å². The average molecular weight is 443 g/mol. The number of hydrogen-bond acceptors (Lipinski definition) is 7. The summed E-state index contributed by atoms with van der Waals surface area (Å²) in [7, 11) is 1.60. The number of piperidine rings is 1. The summed E-state index contributed by atoms with van der Waals surface area (Å²) in [4.78, 5) is 30.4. The molecule has 1 unspecified atom stereocenters. The van der Waals surface area contributed by atoms with Crippen molar-refractivity contribution in [3.63, 3.8) is 0 Å². The predicted molar refractivity (Wildman–Crippen MR) is 116 cm³/mol. The number of amides is 2. The van der Waals surface area contributed by atoms with Crippen molar-refractivity contribution >= 4 is 17.5 Å². The zero-order valence-corrected chi connectivity index (χ0v) is 18.6. The number of likely N-dealkylation sites (tertiary alicyclic amines) is 1. The summed E-state index contributed by atoms with van der Waals surface area (Å²) < 4.78 is 16.5. The van der Waals surface area contributed by atoms with Crippen LogP contribution in [0.5, 0.6) is 0 Å². The minimum absolute atomic E-state index is 0.0130. The van der Waals surface area contributed by atoms with E-state index in [9.17, 15) is 9.59 Å². The highest BCUT2D eigenvalue weighted by atomic mass is 16.5. The lowest BCUT2D eigenvalue weighted by Gasteiger charge is -2.46. The summed E-state index contributed by atoms with van der Waals surface area (Å²) in [5, 5.41) is 6.79. The Morgan fingerprint density at radius 2 is 2.00 bits per heavy atom. The van der Waals surface area contributed by atoms with Crippen molar-refractivity contribution in [3.8, 4) is 0 Å². The number of methoxy groups -OCH3 is 1. The molecule has 2 amide bonds. The van der Waals surface area contributed by atoms with Crippen LogP contribution in [0.4, 0.5) is 5.69 Å². The third-order valence-corrected chi connectivity index (χ3v) is 6.26. The fourth-order valence-electron chi connectivity index (χ4n) is 4.66. The Balaban J connectivity index is 1.31. The van der Waals surface area contributed by atoms with Crippen LogP contribution in [0.2, 0.25) is 0 Å². The highest BCUT2D eigenvalue weighted by Gasteiger charge is 2.41. The molecule has 1 aromatic heterocycles. The second-order valence-electron chi connectivity index (χ2n) is 8.68. The monoisotopic (exact) mass is 442 g/mol. The van der Waals surface area contributed by atoms with Gasteiger partial charge in [0.2, 0.25) is 5.91 Å². The van der Waals surface area contributed by atoms with Gasteiger partial charge in [-0.15, -0.1) is 0 Å². The highest BCUT2D eigenvalue weighted by Crippen LogP contribution is 2.38. The molecule has 32 heavy (non-hydrogen) atoms. The van der Waals surface area contributed by atoms with Gasteiger partial charge in [-0.25, -0.2) is 0 Å². The summed E-state index contributed by atoms with van der Waals surface area (Å²) >= 11 is 0. The van der Waals surface area contributed by atoms with Crippen molar-refractivity contribution in [2.45, 2.75) is 51.2 Å². The summed E-state index contributed by atoms with van der Waals surface area (Å²) in [6, 6.07) is 7.03. The molecule has 2 aliphatic rings. The average Bonchev–Trinajstić information content (AvgIpc) is 3.21. The second-order valence-corrected chi connectivity index (χ2v) is 8.68. The molecule has 1 N–H and O–H groups in total. The Morgan fingerprint density at radius 3 is 2.69 bits per heavy atom. The second kappa shape index (κ2) is 9.79. The molecule has 3 heterocycles. The Kier molecular flexibility index (Phi) is 6.86. The Hall–Kier alpha value is -2.78. The summed E-state index contributed by atoms with van der Waals surface area (Å²) in [6.07, 6.45) is 4.32. The first kappa shape index (κ1) is 22.4. The van der Waals surface area contributed by atoms with Gasteiger partial charge in [0.15, 0.2) is 5.82 Å². The maximum Gasteiger partial charge on any atom is 0.253 e. The minimum atomic E-state index is -0.186. The number of nitrogens with one attached hydrogen (secondary N) is 1. The zero-order valence-electron chi connectivity index (χ0n) is 18.6. The number of ether oxygens (including phenoxy) is 2. The van der Waals surface area contributed by atoms with Crippen LogP contribution in [0, 0.1) is 5.92 Å². The molecule has 172 valence electrons. The molecule has 2 aromatic rings. The normalized spacial score (nSPS) is 20.3. The van der Waals surface area contributed by atoms with Crippen LogP contribution in [-0.2, 0) is 27.3 Å². The van der Waals surface area contributed by atoms with Gasteiger partial charge in [0.25, 0.3) is 11.8 Å². The minimum Gasteiger partial charge on any atom is -0.375 e. The molecule has 2 fully saturated rings. The molecule has 0 bridgehead atoms. The molecule has 4 rings (SSSR count). The van der Waals surface area contributed by atoms with Crippen LogP contribution >= 0.6 is 0 Å². The molecule has 1 aromatic carbocycles. The van der Waals surface area contributed by atoms with Crippen LogP contribution in [0.25, 0.3) is 0 Å². The van der Waals surface area contributed by atoms with E-state index < -0.39 is 0 Å². The maximum atomic E-state index is 12.9. The molecule has 0 radical (unpaired) electrons. The molecule has 0 aliphatic carbocycles.